The molecule has 1 amide bonds. The fourth-order valence-corrected chi connectivity index (χ4v) is 5.53. The molecule has 210 valence electrons. The molecule has 0 bridgehead atoms. The van der Waals surface area contributed by atoms with Gasteiger partial charge in [-0.2, -0.15) is 0 Å². The largest absolute Gasteiger partial charge is 0.484 e. The fourth-order valence-electron chi connectivity index (χ4n) is 5.01. The number of amides is 1. The number of thiocarbonyl (C=S) groups is 1. The average Bonchev–Trinajstić information content (AvgIpc) is 3.63. The Morgan fingerprint density at radius 3 is 2.48 bits per heavy atom. The van der Waals surface area contributed by atoms with Gasteiger partial charge in [0.2, 0.25) is 0 Å². The highest BCUT2D eigenvalue weighted by molar-refractivity contribution is 7.80. The van der Waals surface area contributed by atoms with E-state index in [0.29, 0.717) is 16.5 Å². The molecule has 1 aliphatic heterocycles. The van der Waals surface area contributed by atoms with Crippen LogP contribution in [0.3, 0.4) is 0 Å². The van der Waals surface area contributed by atoms with Gasteiger partial charge in [0.05, 0.1) is 16.8 Å². The van der Waals surface area contributed by atoms with Crippen molar-refractivity contribution in [1.82, 2.24) is 14.9 Å². The van der Waals surface area contributed by atoms with Crippen LogP contribution in [0, 0.1) is 5.82 Å². The number of halogens is 2. The van der Waals surface area contributed by atoms with E-state index in [1.165, 1.54) is 6.07 Å². The molecule has 1 saturated heterocycles. The first-order valence-electron chi connectivity index (χ1n) is 13.2. The number of carbonyl (C=O) groups excluding carboxylic acids is 1. The molecule has 3 heterocycles. The molecule has 42 heavy (non-hydrogen) atoms. The number of nitrogens with one attached hydrogen (secondary N) is 2. The lowest BCUT2D eigenvalue weighted by atomic mass is 10.0. The molecule has 10 heteroatoms. The van der Waals surface area contributed by atoms with E-state index in [2.05, 4.69) is 15.6 Å². The highest BCUT2D eigenvalue weighted by atomic mass is 35.5. The number of hydrogen-bond donors (Lipinski definition) is 2. The van der Waals surface area contributed by atoms with Crippen LogP contribution in [0.4, 0.5) is 15.8 Å². The maximum atomic E-state index is 14.0. The van der Waals surface area contributed by atoms with Crippen LogP contribution in [-0.2, 0) is 4.79 Å². The van der Waals surface area contributed by atoms with Gasteiger partial charge in [-0.1, -0.05) is 35.9 Å². The summed E-state index contributed by atoms with van der Waals surface area (Å²) >= 11 is 12.0. The number of carbonyl (C=O) groups is 1. The number of anilines is 2. The topological polar surface area (TPSA) is 71.4 Å². The highest BCUT2D eigenvalue weighted by Crippen LogP contribution is 2.42. The van der Waals surface area contributed by atoms with Crippen molar-refractivity contribution in [1.29, 1.82) is 0 Å². The lowest BCUT2D eigenvalue weighted by Gasteiger charge is -2.29. The van der Waals surface area contributed by atoms with Gasteiger partial charge in [0.25, 0.3) is 5.91 Å². The Hall–Kier alpha value is -4.73. The minimum absolute atomic E-state index is 0.0390. The van der Waals surface area contributed by atoms with Gasteiger partial charge in [-0.05, 0) is 91.1 Å². The summed E-state index contributed by atoms with van der Waals surface area (Å²) in [4.78, 5) is 19.1. The summed E-state index contributed by atoms with van der Waals surface area (Å²) in [6, 6.07) is 30.3. The number of nitrogens with zero attached hydrogens (tertiary/aromatic N) is 3. The number of para-hydroxylation sites is 1. The third-order valence-electron chi connectivity index (χ3n) is 6.91. The van der Waals surface area contributed by atoms with Crippen LogP contribution in [0.15, 0.2) is 116 Å². The van der Waals surface area contributed by atoms with Crippen molar-refractivity contribution in [3.63, 3.8) is 0 Å². The van der Waals surface area contributed by atoms with Gasteiger partial charge in [-0.15, -0.1) is 0 Å². The molecule has 2 N–H and O–H groups in total. The number of hydrogen-bond acceptors (Lipinski definition) is 4. The first-order chi connectivity index (χ1) is 20.5. The molecule has 0 radical (unpaired) electrons. The number of rotatable bonds is 8. The van der Waals surface area contributed by atoms with E-state index in [-0.39, 0.29) is 29.6 Å². The minimum atomic E-state index is -0.482. The molecule has 2 aromatic heterocycles. The molecule has 6 rings (SSSR count). The van der Waals surface area contributed by atoms with Gasteiger partial charge in [-0.25, -0.2) is 4.39 Å². The van der Waals surface area contributed by atoms with Crippen LogP contribution < -0.4 is 20.3 Å². The van der Waals surface area contributed by atoms with Crippen molar-refractivity contribution >= 4 is 46.2 Å². The molecule has 0 spiro atoms. The quantitative estimate of drug-likeness (QED) is 0.190. The Labute approximate surface area is 252 Å². The van der Waals surface area contributed by atoms with Crippen molar-refractivity contribution in [3.05, 3.63) is 138 Å². The van der Waals surface area contributed by atoms with Gasteiger partial charge in [-0.3, -0.25) is 9.78 Å². The zero-order valence-corrected chi connectivity index (χ0v) is 23.7. The Bertz CT molecular complexity index is 1720. The second-order valence-corrected chi connectivity index (χ2v) is 10.4. The van der Waals surface area contributed by atoms with E-state index in [4.69, 9.17) is 28.6 Å². The summed E-state index contributed by atoms with van der Waals surface area (Å²) in [7, 11) is 0. The molecule has 1 aliphatic rings. The third-order valence-corrected chi connectivity index (χ3v) is 7.51. The summed E-state index contributed by atoms with van der Waals surface area (Å²) in [5.74, 6) is -0.127. The lowest BCUT2D eigenvalue weighted by molar-refractivity contribution is -0.118. The Kier molecular flexibility index (Phi) is 7.85. The first-order valence-corrected chi connectivity index (χ1v) is 14.0. The third kappa shape index (κ3) is 5.70. The molecule has 0 saturated carbocycles. The van der Waals surface area contributed by atoms with E-state index in [1.54, 1.807) is 30.5 Å². The molecule has 0 unspecified atom stereocenters. The maximum absolute atomic E-state index is 14.0. The Balaban J connectivity index is 1.29. The second-order valence-electron chi connectivity index (χ2n) is 9.59. The molecular weight excluding hydrogens is 573 g/mol. The van der Waals surface area contributed by atoms with Crippen LogP contribution in [0.5, 0.6) is 5.75 Å². The fraction of sp³-hybridized carbons (Fsp3) is 0.0938. The number of aromatic nitrogens is 2. The summed E-state index contributed by atoms with van der Waals surface area (Å²) in [6.07, 6.45) is 3.65. The van der Waals surface area contributed by atoms with Crippen LogP contribution in [0.25, 0.3) is 5.69 Å². The smallest absolute Gasteiger partial charge is 0.262 e. The van der Waals surface area contributed by atoms with Crippen molar-refractivity contribution in [2.75, 3.05) is 16.8 Å². The van der Waals surface area contributed by atoms with E-state index in [1.807, 2.05) is 88.5 Å². The summed E-state index contributed by atoms with van der Waals surface area (Å²) < 4.78 is 21.5. The second kappa shape index (κ2) is 12.0. The van der Waals surface area contributed by atoms with E-state index < -0.39 is 5.82 Å². The molecule has 5 aromatic rings. The molecule has 3 aromatic carbocycles. The van der Waals surface area contributed by atoms with Crippen molar-refractivity contribution in [2.24, 2.45) is 0 Å². The van der Waals surface area contributed by atoms with Crippen molar-refractivity contribution < 1.29 is 13.9 Å². The molecule has 2 atom stereocenters. The van der Waals surface area contributed by atoms with Crippen LogP contribution in [0.2, 0.25) is 5.02 Å². The summed E-state index contributed by atoms with van der Waals surface area (Å²) in [5, 5.41) is 6.87. The zero-order chi connectivity index (χ0) is 29.1. The van der Waals surface area contributed by atoms with Crippen molar-refractivity contribution in [3.8, 4) is 11.4 Å². The summed E-state index contributed by atoms with van der Waals surface area (Å²) in [6.45, 7) is -0.107. The Morgan fingerprint density at radius 2 is 1.74 bits per heavy atom. The monoisotopic (exact) mass is 597 g/mol. The minimum Gasteiger partial charge on any atom is -0.484 e. The molecule has 1 fully saturated rings. The van der Waals surface area contributed by atoms with Crippen LogP contribution in [0.1, 0.15) is 23.5 Å². The predicted octanol–water partition coefficient (Wildman–Crippen LogP) is 6.86. The summed E-state index contributed by atoms with van der Waals surface area (Å²) in [5.41, 5.74) is 3.88. The first kappa shape index (κ1) is 27.4. The zero-order valence-electron chi connectivity index (χ0n) is 22.2. The number of benzene rings is 3. The van der Waals surface area contributed by atoms with E-state index >= 15 is 0 Å². The number of ether oxygens (including phenoxy) is 1. The molecule has 0 aliphatic carbocycles. The predicted molar refractivity (Wildman–Crippen MR) is 166 cm³/mol. The van der Waals surface area contributed by atoms with Gasteiger partial charge >= 0.3 is 0 Å². The SMILES string of the molecule is O=C(COc1ccccc1)Nc1ccc(N2C(=S)N[C@H](c3ccccn3)[C@@H]2c2cccn2-c2ccc(F)c(Cl)c2)cc1. The van der Waals surface area contributed by atoms with E-state index in [9.17, 15) is 9.18 Å². The normalized spacial score (nSPS) is 16.2. The van der Waals surface area contributed by atoms with Gasteiger partial charge in [0.15, 0.2) is 11.7 Å². The van der Waals surface area contributed by atoms with Crippen molar-refractivity contribution in [2.45, 2.75) is 12.1 Å². The lowest BCUT2D eigenvalue weighted by Crippen LogP contribution is -2.30. The highest BCUT2D eigenvalue weighted by Gasteiger charge is 2.42. The standard InChI is InChI=1S/C32H25ClFN5O2S/c33-25-19-23(15-16-26(25)34)38-18-6-10-28(38)31-30(27-9-4-5-17-35-27)37-32(42)39(31)22-13-11-21(12-14-22)36-29(40)20-41-24-7-2-1-3-8-24/h1-19,30-31H,20H2,(H,36,40)(H,37,42)/t30-,31+/m1/s1. The average molecular weight is 598 g/mol. The number of pyridine rings is 1. The molecule has 7 nitrogen and oxygen atoms in total. The van der Waals surface area contributed by atoms with E-state index in [0.717, 1.165) is 22.8 Å². The van der Waals surface area contributed by atoms with Gasteiger partial charge < -0.3 is 24.8 Å². The molecular formula is C32H25ClFN5O2S. The van der Waals surface area contributed by atoms with Gasteiger partial charge in [0.1, 0.15) is 17.6 Å². The maximum Gasteiger partial charge on any atom is 0.262 e. The Morgan fingerprint density at radius 1 is 0.976 bits per heavy atom. The van der Waals surface area contributed by atoms with Gasteiger partial charge in [0, 0.05) is 35.1 Å². The van der Waals surface area contributed by atoms with Crippen LogP contribution >= 0.6 is 23.8 Å². The van der Waals surface area contributed by atoms with Crippen LogP contribution in [-0.4, -0.2) is 27.2 Å².